The quantitative estimate of drug-likeness (QED) is 0.189. The molecule has 20 heteroatoms. The second-order valence-electron chi connectivity index (χ2n) is 8.70. The van der Waals surface area contributed by atoms with E-state index < -0.39 is 28.2 Å². The molecular formula is C26H14Br12N2O4S2. The van der Waals surface area contributed by atoms with Crippen LogP contribution in [0.3, 0.4) is 0 Å². The Hall–Kier alpha value is 2.40. The van der Waals surface area contributed by atoms with E-state index in [9.17, 15) is 16.8 Å². The zero-order valence-corrected chi connectivity index (χ0v) is 42.6. The van der Waals surface area contributed by atoms with Crippen molar-refractivity contribution in [3.8, 4) is 0 Å². The van der Waals surface area contributed by atoms with Gasteiger partial charge >= 0.3 is 0 Å². The average molecular weight is 1440 g/mol. The maximum absolute atomic E-state index is 13.2. The molecule has 2 heterocycles. The highest BCUT2D eigenvalue weighted by atomic mass is 80.0. The SMILES string of the molecule is O=S(=O)(c1ccccc1C(Br)(Br)Br)c1ccccc1C(Br)(Br)Br.O=S(=O)(c1ncccc1C(Br)(Br)Br)c1ncccc1C(Br)(Br)Br. The summed E-state index contributed by atoms with van der Waals surface area (Å²) in [6.07, 6.45) is 2.84. The molecule has 6 nitrogen and oxygen atoms in total. The number of hydrogen-bond donors (Lipinski definition) is 0. The van der Waals surface area contributed by atoms with Gasteiger partial charge in [-0.1, -0.05) is 240 Å². The molecule has 0 saturated carbocycles. The van der Waals surface area contributed by atoms with Gasteiger partial charge < -0.3 is 0 Å². The van der Waals surface area contributed by atoms with Crippen LogP contribution in [0.25, 0.3) is 0 Å². The van der Waals surface area contributed by atoms with Gasteiger partial charge in [-0.15, -0.1) is 0 Å². The average Bonchev–Trinajstić information content (AvgIpc) is 2.96. The topological polar surface area (TPSA) is 94.1 Å². The number of pyridine rings is 2. The van der Waals surface area contributed by atoms with Crippen LogP contribution in [-0.4, -0.2) is 26.8 Å². The third-order valence-corrected chi connectivity index (χ3v) is 14.3. The van der Waals surface area contributed by atoms with Crippen molar-refractivity contribution in [3.05, 3.63) is 107 Å². The Labute approximate surface area is 367 Å². The maximum atomic E-state index is 13.2. The van der Waals surface area contributed by atoms with Gasteiger partial charge in [0, 0.05) is 34.6 Å². The largest absolute Gasteiger partial charge is 0.244 e. The summed E-state index contributed by atoms with van der Waals surface area (Å²) in [5.74, 6) is 0. The highest BCUT2D eigenvalue weighted by molar-refractivity contribution is 9.39. The number of halogens is 12. The lowest BCUT2D eigenvalue weighted by molar-refractivity contribution is 0.586. The first kappa shape index (κ1) is 42.8. The molecule has 2 aromatic carbocycles. The molecule has 248 valence electrons. The van der Waals surface area contributed by atoms with E-state index in [0.29, 0.717) is 22.3 Å². The van der Waals surface area contributed by atoms with E-state index in [0.717, 1.165) is 0 Å². The first-order chi connectivity index (χ1) is 20.9. The first-order valence-electron chi connectivity index (χ1n) is 11.8. The minimum absolute atomic E-state index is 0.109. The smallest absolute Gasteiger partial charge is 0.241 e. The molecule has 2 aromatic heterocycles. The predicted molar refractivity (Wildman–Crippen MR) is 226 cm³/mol. The molecular weight excluding hydrogens is 1430 g/mol. The van der Waals surface area contributed by atoms with Crippen molar-refractivity contribution in [2.75, 3.05) is 0 Å². The lowest BCUT2D eigenvalue weighted by Gasteiger charge is -2.21. The molecule has 0 saturated heterocycles. The van der Waals surface area contributed by atoms with E-state index in [1.54, 1.807) is 72.8 Å². The van der Waals surface area contributed by atoms with E-state index in [4.69, 9.17) is 0 Å². The van der Waals surface area contributed by atoms with Crippen molar-refractivity contribution in [1.82, 2.24) is 9.97 Å². The Morgan fingerprint density at radius 1 is 0.391 bits per heavy atom. The van der Waals surface area contributed by atoms with E-state index in [1.165, 1.54) is 12.4 Å². The van der Waals surface area contributed by atoms with Crippen LogP contribution in [0.4, 0.5) is 0 Å². The van der Waals surface area contributed by atoms with E-state index in [1.807, 2.05) is 0 Å². The summed E-state index contributed by atoms with van der Waals surface area (Å²) in [6.45, 7) is 0. The van der Waals surface area contributed by atoms with Gasteiger partial charge in [-0.25, -0.2) is 26.8 Å². The van der Waals surface area contributed by atoms with Gasteiger partial charge in [0.05, 0.1) is 9.79 Å². The molecule has 0 bridgehead atoms. The molecule has 0 spiro atoms. The van der Waals surface area contributed by atoms with Crippen LogP contribution in [0, 0.1) is 0 Å². The number of hydrogen-bond acceptors (Lipinski definition) is 6. The molecule has 0 aliphatic heterocycles. The van der Waals surface area contributed by atoms with Crippen molar-refractivity contribution >= 4 is 211 Å². The minimum Gasteiger partial charge on any atom is -0.244 e. The summed E-state index contributed by atoms with van der Waals surface area (Å²) in [5, 5.41) is -0.218. The fourth-order valence-electron chi connectivity index (χ4n) is 3.72. The third-order valence-electron chi connectivity index (χ3n) is 5.63. The van der Waals surface area contributed by atoms with Crippen molar-refractivity contribution in [2.45, 2.75) is 28.4 Å². The molecule has 0 fully saturated rings. The molecule has 0 atom stereocenters. The molecule has 0 aliphatic carbocycles. The Kier molecular flexibility index (Phi) is 15.5. The Bertz CT molecular complexity index is 1670. The van der Waals surface area contributed by atoms with Crippen LogP contribution in [-0.2, 0) is 28.2 Å². The molecule has 0 unspecified atom stereocenters. The Morgan fingerprint density at radius 2 is 0.674 bits per heavy atom. The molecule has 0 amide bonds. The Morgan fingerprint density at radius 3 is 0.978 bits per heavy atom. The molecule has 0 radical (unpaired) electrons. The van der Waals surface area contributed by atoms with Gasteiger partial charge in [-0.05, 0) is 24.3 Å². The Balaban J connectivity index is 0.000000250. The fourth-order valence-corrected chi connectivity index (χ4v) is 12.7. The summed E-state index contributed by atoms with van der Waals surface area (Å²) in [5.41, 5.74) is 1.92. The second kappa shape index (κ2) is 16.6. The summed E-state index contributed by atoms with van der Waals surface area (Å²) < 4.78 is 49.2. The van der Waals surface area contributed by atoms with Crippen molar-refractivity contribution < 1.29 is 16.8 Å². The molecule has 4 aromatic rings. The van der Waals surface area contributed by atoms with Crippen LogP contribution < -0.4 is 0 Å². The number of aromatic nitrogens is 2. The van der Waals surface area contributed by atoms with Crippen LogP contribution >= 0.6 is 191 Å². The summed E-state index contributed by atoms with van der Waals surface area (Å²) in [6, 6.07) is 20.2. The predicted octanol–water partition coefficient (Wildman–Crippen LogP) is 13.0. The molecule has 0 aliphatic rings. The third kappa shape index (κ3) is 10.7. The summed E-state index contributed by atoms with van der Waals surface area (Å²) >= 11 is 40.5. The van der Waals surface area contributed by atoms with Crippen LogP contribution in [0.15, 0.2) is 105 Å². The first-order valence-corrected chi connectivity index (χ1v) is 24.3. The molecule has 46 heavy (non-hydrogen) atoms. The fraction of sp³-hybridized carbons (Fsp3) is 0.154. The minimum atomic E-state index is -3.97. The van der Waals surface area contributed by atoms with Crippen LogP contribution in [0.2, 0.25) is 0 Å². The summed E-state index contributed by atoms with van der Waals surface area (Å²) in [7, 11) is -7.72. The van der Waals surface area contributed by atoms with Gasteiger partial charge in [0.25, 0.3) is 0 Å². The van der Waals surface area contributed by atoms with E-state index >= 15 is 0 Å². The number of rotatable bonds is 4. The van der Waals surface area contributed by atoms with Gasteiger partial charge in [-0.3, -0.25) is 0 Å². The number of alkyl halides is 12. The standard InChI is InChI=1S/C14H8Br6O2S.C12H6Br6N2O2S/c15-13(16,17)9-5-1-3-7-11(9)23(21,22)12-8-4-2-6-10(12)14(18,19)20;13-11(14,15)7-3-1-5-19-9(7)23(21,22)10-8(12(16,17)18)4-2-6-20-10/h1-8H;1-6H. The lowest BCUT2D eigenvalue weighted by atomic mass is 10.2. The maximum Gasteiger partial charge on any atom is 0.241 e. The zero-order chi connectivity index (χ0) is 34.9. The monoisotopic (exact) mass is 1430 g/mol. The second-order valence-corrected chi connectivity index (χ2v) is 39.4. The van der Waals surface area contributed by atoms with Crippen molar-refractivity contribution in [1.29, 1.82) is 0 Å². The highest BCUT2D eigenvalue weighted by Crippen LogP contribution is 2.51. The van der Waals surface area contributed by atoms with Crippen LogP contribution in [0.5, 0.6) is 0 Å². The van der Waals surface area contributed by atoms with Gasteiger partial charge in [0.2, 0.25) is 19.7 Å². The lowest BCUT2D eigenvalue weighted by Crippen LogP contribution is -2.17. The van der Waals surface area contributed by atoms with Gasteiger partial charge in [0.1, 0.15) is 0 Å². The number of benzene rings is 2. The number of nitrogens with zero attached hydrogens (tertiary/aromatic N) is 2. The van der Waals surface area contributed by atoms with Gasteiger partial charge in [0.15, 0.2) is 18.6 Å². The van der Waals surface area contributed by atoms with E-state index in [-0.39, 0.29) is 19.8 Å². The van der Waals surface area contributed by atoms with Crippen molar-refractivity contribution in [3.63, 3.8) is 0 Å². The molecule has 4 rings (SSSR count). The molecule has 0 N–H and O–H groups in total. The van der Waals surface area contributed by atoms with Crippen molar-refractivity contribution in [2.24, 2.45) is 0 Å². The zero-order valence-electron chi connectivity index (χ0n) is 22.0. The highest BCUT2D eigenvalue weighted by Gasteiger charge is 2.38. The van der Waals surface area contributed by atoms with E-state index in [2.05, 4.69) is 201 Å². The normalized spacial score (nSPS) is 13.1. The summed E-state index contributed by atoms with van der Waals surface area (Å²) in [4.78, 5) is 8.51. The van der Waals surface area contributed by atoms with Crippen LogP contribution in [0.1, 0.15) is 22.3 Å². The number of sulfone groups is 2. The van der Waals surface area contributed by atoms with Gasteiger partial charge in [-0.2, -0.15) is 0 Å².